The van der Waals surface area contributed by atoms with Crippen LogP contribution in [0.1, 0.15) is 29.7 Å². The normalized spacial score (nSPS) is 15.5. The number of nitrogens with one attached hydrogen (secondary N) is 2. The van der Waals surface area contributed by atoms with Gasteiger partial charge < -0.3 is 20.3 Å². The van der Waals surface area contributed by atoms with Crippen LogP contribution in [-0.4, -0.2) is 25.7 Å². The molecule has 0 spiro atoms. The predicted octanol–water partition coefficient (Wildman–Crippen LogP) is 4.65. The van der Waals surface area contributed by atoms with Gasteiger partial charge in [-0.15, -0.1) is 0 Å². The second kappa shape index (κ2) is 10.0. The third kappa shape index (κ3) is 5.06. The summed E-state index contributed by atoms with van der Waals surface area (Å²) in [5.74, 6) is -0.459. The van der Waals surface area contributed by atoms with E-state index in [1.54, 1.807) is 6.92 Å². The summed E-state index contributed by atoms with van der Waals surface area (Å²) < 4.78 is 5.35. The van der Waals surface area contributed by atoms with E-state index in [0.717, 1.165) is 23.4 Å². The molecule has 0 bridgehead atoms. The molecule has 168 valence electrons. The Morgan fingerprint density at radius 1 is 0.939 bits per heavy atom. The maximum absolute atomic E-state index is 13.0. The highest BCUT2D eigenvalue weighted by Crippen LogP contribution is 2.32. The first kappa shape index (κ1) is 22.1. The molecule has 1 heterocycles. The summed E-state index contributed by atoms with van der Waals surface area (Å²) in [6, 6.07) is 26.5. The van der Waals surface area contributed by atoms with E-state index >= 15 is 0 Å². The standard InChI is InChI=1S/C27H27N3O3/c1-3-33-26(31)23-24(20-12-8-5-9-13-20)28-27(32)29-25(23)21-14-16-22(17-15-21)30(2)18-19-10-6-4-7-11-19/h4-17,25H,3,18H2,1-2H3,(H2,28,29,32). The molecule has 1 atom stereocenters. The maximum atomic E-state index is 13.0. The van der Waals surface area contributed by atoms with Gasteiger partial charge in [0.25, 0.3) is 0 Å². The summed E-state index contributed by atoms with van der Waals surface area (Å²) in [6.45, 7) is 2.78. The topological polar surface area (TPSA) is 70.7 Å². The van der Waals surface area contributed by atoms with Crippen LogP contribution in [0.4, 0.5) is 10.5 Å². The summed E-state index contributed by atoms with van der Waals surface area (Å²) in [7, 11) is 2.03. The Kier molecular flexibility index (Phi) is 6.74. The fourth-order valence-corrected chi connectivity index (χ4v) is 3.95. The minimum absolute atomic E-state index is 0.244. The fourth-order valence-electron chi connectivity index (χ4n) is 3.95. The lowest BCUT2D eigenvalue weighted by Crippen LogP contribution is -2.45. The van der Waals surface area contributed by atoms with Crippen molar-refractivity contribution in [3.63, 3.8) is 0 Å². The van der Waals surface area contributed by atoms with Gasteiger partial charge in [0.2, 0.25) is 0 Å². The average Bonchev–Trinajstić information content (AvgIpc) is 2.85. The molecule has 6 nitrogen and oxygen atoms in total. The van der Waals surface area contributed by atoms with Gasteiger partial charge in [-0.25, -0.2) is 9.59 Å². The van der Waals surface area contributed by atoms with Gasteiger partial charge in [0.1, 0.15) is 0 Å². The van der Waals surface area contributed by atoms with Crippen LogP contribution >= 0.6 is 0 Å². The van der Waals surface area contributed by atoms with Crippen LogP contribution in [0.3, 0.4) is 0 Å². The van der Waals surface area contributed by atoms with Crippen molar-refractivity contribution in [3.8, 4) is 0 Å². The zero-order chi connectivity index (χ0) is 23.2. The number of amides is 2. The number of carbonyl (C=O) groups is 2. The number of benzene rings is 3. The zero-order valence-corrected chi connectivity index (χ0v) is 18.7. The second-order valence-electron chi connectivity index (χ2n) is 7.84. The van der Waals surface area contributed by atoms with E-state index in [-0.39, 0.29) is 12.6 Å². The molecular weight excluding hydrogens is 414 g/mol. The van der Waals surface area contributed by atoms with Crippen molar-refractivity contribution in [1.29, 1.82) is 0 Å². The van der Waals surface area contributed by atoms with Gasteiger partial charge in [-0.2, -0.15) is 0 Å². The van der Waals surface area contributed by atoms with Crippen LogP contribution < -0.4 is 15.5 Å². The Morgan fingerprint density at radius 3 is 2.21 bits per heavy atom. The molecule has 6 heteroatoms. The van der Waals surface area contributed by atoms with E-state index in [0.29, 0.717) is 11.3 Å². The van der Waals surface area contributed by atoms with Crippen molar-refractivity contribution in [3.05, 3.63) is 107 Å². The molecule has 4 rings (SSSR count). The van der Waals surface area contributed by atoms with E-state index in [9.17, 15) is 9.59 Å². The fraction of sp³-hybridized carbons (Fsp3) is 0.185. The van der Waals surface area contributed by atoms with Crippen molar-refractivity contribution >= 4 is 23.4 Å². The van der Waals surface area contributed by atoms with Crippen LogP contribution in [0.5, 0.6) is 0 Å². The Morgan fingerprint density at radius 2 is 1.58 bits per heavy atom. The summed E-state index contributed by atoms with van der Waals surface area (Å²) in [5.41, 5.74) is 4.65. The smallest absolute Gasteiger partial charge is 0.338 e. The third-order valence-corrected chi connectivity index (χ3v) is 5.56. The number of nitrogens with zero attached hydrogens (tertiary/aromatic N) is 1. The lowest BCUT2D eigenvalue weighted by molar-refractivity contribution is -0.138. The molecule has 0 aromatic heterocycles. The molecule has 3 aromatic rings. The van der Waals surface area contributed by atoms with Gasteiger partial charge >= 0.3 is 12.0 Å². The van der Waals surface area contributed by atoms with Crippen molar-refractivity contribution in [1.82, 2.24) is 10.6 Å². The Labute approximate surface area is 193 Å². The van der Waals surface area contributed by atoms with Crippen LogP contribution in [0.2, 0.25) is 0 Å². The summed E-state index contributed by atoms with van der Waals surface area (Å²) in [4.78, 5) is 27.6. The van der Waals surface area contributed by atoms with E-state index in [2.05, 4.69) is 27.7 Å². The lowest BCUT2D eigenvalue weighted by atomic mass is 9.92. The molecule has 0 saturated heterocycles. The number of carbonyl (C=O) groups excluding carboxylic acids is 2. The van der Waals surface area contributed by atoms with Crippen LogP contribution in [0.25, 0.3) is 5.70 Å². The quantitative estimate of drug-likeness (QED) is 0.524. The van der Waals surface area contributed by atoms with Crippen LogP contribution in [-0.2, 0) is 16.1 Å². The van der Waals surface area contributed by atoms with Crippen molar-refractivity contribution in [2.75, 3.05) is 18.6 Å². The van der Waals surface area contributed by atoms with E-state index in [4.69, 9.17) is 4.74 Å². The van der Waals surface area contributed by atoms with Gasteiger partial charge in [-0.3, -0.25) is 0 Å². The molecule has 2 amide bonds. The number of hydrogen-bond donors (Lipinski definition) is 2. The van der Waals surface area contributed by atoms with Crippen LogP contribution in [0.15, 0.2) is 90.5 Å². The first-order valence-corrected chi connectivity index (χ1v) is 11.0. The van der Waals surface area contributed by atoms with Crippen molar-refractivity contribution < 1.29 is 14.3 Å². The molecule has 2 N–H and O–H groups in total. The highest BCUT2D eigenvalue weighted by molar-refractivity contribution is 6.04. The second-order valence-corrected chi connectivity index (χ2v) is 7.84. The molecular formula is C27H27N3O3. The molecule has 3 aromatic carbocycles. The number of rotatable bonds is 7. The molecule has 1 aliphatic rings. The van der Waals surface area contributed by atoms with Crippen molar-refractivity contribution in [2.24, 2.45) is 0 Å². The predicted molar refractivity (Wildman–Crippen MR) is 129 cm³/mol. The largest absolute Gasteiger partial charge is 0.463 e. The van der Waals surface area contributed by atoms with Gasteiger partial charge in [-0.05, 0) is 35.7 Å². The summed E-state index contributed by atoms with van der Waals surface area (Å²) in [5, 5.41) is 5.69. The van der Waals surface area contributed by atoms with E-state index in [1.165, 1.54) is 5.56 Å². The van der Waals surface area contributed by atoms with Gasteiger partial charge in [0.05, 0.1) is 23.9 Å². The average molecular weight is 442 g/mol. The molecule has 0 aliphatic carbocycles. The first-order valence-electron chi connectivity index (χ1n) is 11.0. The van der Waals surface area contributed by atoms with Crippen LogP contribution in [0, 0.1) is 0 Å². The van der Waals surface area contributed by atoms with Gasteiger partial charge in [0.15, 0.2) is 0 Å². The zero-order valence-electron chi connectivity index (χ0n) is 18.7. The Balaban J connectivity index is 1.67. The molecule has 33 heavy (non-hydrogen) atoms. The highest BCUT2D eigenvalue weighted by Gasteiger charge is 2.34. The Hall–Kier alpha value is -4.06. The number of esters is 1. The molecule has 1 unspecified atom stereocenters. The van der Waals surface area contributed by atoms with Crippen molar-refractivity contribution in [2.45, 2.75) is 19.5 Å². The minimum atomic E-state index is -0.624. The third-order valence-electron chi connectivity index (χ3n) is 5.56. The van der Waals surface area contributed by atoms with Gasteiger partial charge in [-0.1, -0.05) is 72.8 Å². The molecule has 1 aliphatic heterocycles. The highest BCUT2D eigenvalue weighted by atomic mass is 16.5. The summed E-state index contributed by atoms with van der Waals surface area (Å²) >= 11 is 0. The number of ether oxygens (including phenoxy) is 1. The molecule has 0 fully saturated rings. The number of hydrogen-bond acceptors (Lipinski definition) is 4. The molecule has 0 saturated carbocycles. The molecule has 0 radical (unpaired) electrons. The lowest BCUT2D eigenvalue weighted by Gasteiger charge is -2.30. The number of anilines is 1. The summed E-state index contributed by atoms with van der Waals surface area (Å²) in [6.07, 6.45) is 0. The SMILES string of the molecule is CCOC(=O)C1=C(c2ccccc2)NC(=O)NC1c1ccc(N(C)Cc2ccccc2)cc1. The van der Waals surface area contributed by atoms with E-state index < -0.39 is 12.0 Å². The van der Waals surface area contributed by atoms with E-state index in [1.807, 2.05) is 79.8 Å². The maximum Gasteiger partial charge on any atom is 0.338 e. The number of urea groups is 1. The Bertz CT molecular complexity index is 1140. The first-order chi connectivity index (χ1) is 16.1. The monoisotopic (exact) mass is 441 g/mol. The van der Waals surface area contributed by atoms with Gasteiger partial charge in [0, 0.05) is 19.3 Å². The minimum Gasteiger partial charge on any atom is -0.463 e.